The van der Waals surface area contributed by atoms with Crippen LogP contribution in [-0.2, 0) is 0 Å². The second-order valence-corrected chi connectivity index (χ2v) is 3.48. The molecule has 0 aromatic carbocycles. The van der Waals surface area contributed by atoms with Gasteiger partial charge in [0.15, 0.2) is 0 Å². The molecule has 1 atom stereocenters. The Kier molecular flexibility index (Phi) is 3.20. The summed E-state index contributed by atoms with van der Waals surface area (Å²) in [7, 11) is 0. The third-order valence-corrected chi connectivity index (χ3v) is 2.52. The summed E-state index contributed by atoms with van der Waals surface area (Å²) in [6, 6.07) is 5.97. The first-order valence-electron chi connectivity index (χ1n) is 5.15. The Hall–Kier alpha value is -1.83. The summed E-state index contributed by atoms with van der Waals surface area (Å²) >= 11 is 0. The van der Waals surface area contributed by atoms with Crippen LogP contribution in [0.4, 0.5) is 0 Å². The predicted octanol–water partition coefficient (Wildman–Crippen LogP) is 1.25. The molecule has 0 aliphatic carbocycles. The number of nitrogens with zero attached hydrogens (tertiary/aromatic N) is 2. The molecular weight excluding hydrogens is 200 g/mol. The fourth-order valence-corrected chi connectivity index (χ4v) is 1.69. The van der Waals surface area contributed by atoms with Gasteiger partial charge in [0.1, 0.15) is 0 Å². The maximum absolute atomic E-state index is 5.54. The van der Waals surface area contributed by atoms with Gasteiger partial charge in [0.05, 0.1) is 17.8 Å². The van der Waals surface area contributed by atoms with Crippen molar-refractivity contribution in [3.05, 3.63) is 36.2 Å². The van der Waals surface area contributed by atoms with E-state index in [1.54, 1.807) is 0 Å². The number of rotatable bonds is 3. The van der Waals surface area contributed by atoms with Crippen LogP contribution in [-0.4, -0.2) is 9.61 Å². The number of pyridine rings is 1. The zero-order chi connectivity index (χ0) is 11.4. The highest BCUT2D eigenvalue weighted by Crippen LogP contribution is 2.20. The smallest absolute Gasteiger partial charge is 0.0710 e. The largest absolute Gasteiger partial charge is 0.271 e. The molecule has 0 radical (unpaired) electrons. The molecule has 3 N–H and O–H groups in total. The molecule has 1 unspecified atom stereocenters. The molecule has 0 fully saturated rings. The predicted molar refractivity (Wildman–Crippen MR) is 63.3 cm³/mol. The van der Waals surface area contributed by atoms with E-state index in [0.29, 0.717) is 6.42 Å². The van der Waals surface area contributed by atoms with Crippen molar-refractivity contribution in [2.75, 3.05) is 0 Å². The van der Waals surface area contributed by atoms with E-state index in [0.717, 1.165) is 11.1 Å². The van der Waals surface area contributed by atoms with Crippen LogP contribution >= 0.6 is 0 Å². The molecule has 2 rings (SSSR count). The maximum Gasteiger partial charge on any atom is 0.0710 e. The van der Waals surface area contributed by atoms with Gasteiger partial charge in [-0.15, -0.1) is 11.8 Å². The zero-order valence-corrected chi connectivity index (χ0v) is 9.14. The molecule has 0 aliphatic heterocycles. The average molecular weight is 214 g/mol. The van der Waals surface area contributed by atoms with Crippen LogP contribution in [0, 0.1) is 11.8 Å². The molecule has 4 heteroatoms. The lowest BCUT2D eigenvalue weighted by Gasteiger charge is -2.11. The maximum atomic E-state index is 5.54. The van der Waals surface area contributed by atoms with Crippen LogP contribution in [0.25, 0.3) is 5.52 Å². The molecule has 0 amide bonds. The van der Waals surface area contributed by atoms with Crippen LogP contribution in [0.1, 0.15) is 24.9 Å². The summed E-state index contributed by atoms with van der Waals surface area (Å²) in [6.45, 7) is 1.82. The van der Waals surface area contributed by atoms with Crippen molar-refractivity contribution in [1.29, 1.82) is 0 Å². The lowest BCUT2D eigenvalue weighted by molar-refractivity contribution is 0.571. The van der Waals surface area contributed by atoms with Gasteiger partial charge in [-0.1, -0.05) is 6.07 Å². The fraction of sp³-hybridized carbons (Fsp3) is 0.250. The van der Waals surface area contributed by atoms with Crippen molar-refractivity contribution in [1.82, 2.24) is 15.0 Å². The molecule has 2 aromatic heterocycles. The Morgan fingerprint density at radius 2 is 2.44 bits per heavy atom. The number of aromatic nitrogens is 2. The van der Waals surface area contributed by atoms with Gasteiger partial charge in [-0.2, -0.15) is 5.10 Å². The first kappa shape index (κ1) is 10.7. The van der Waals surface area contributed by atoms with Gasteiger partial charge < -0.3 is 0 Å². The summed E-state index contributed by atoms with van der Waals surface area (Å²) in [5.41, 5.74) is 4.91. The van der Waals surface area contributed by atoms with Crippen molar-refractivity contribution in [3.8, 4) is 11.8 Å². The molecule has 0 spiro atoms. The summed E-state index contributed by atoms with van der Waals surface area (Å²) in [6.07, 6.45) is 4.43. The lowest BCUT2D eigenvalue weighted by Crippen LogP contribution is -2.27. The number of nitrogens with two attached hydrogens (primary N) is 1. The summed E-state index contributed by atoms with van der Waals surface area (Å²) in [4.78, 5) is 0. The minimum Gasteiger partial charge on any atom is -0.271 e. The molecule has 0 bridgehead atoms. The van der Waals surface area contributed by atoms with E-state index in [1.165, 1.54) is 0 Å². The molecule has 0 saturated carbocycles. The van der Waals surface area contributed by atoms with E-state index >= 15 is 0 Å². The Morgan fingerprint density at radius 1 is 1.56 bits per heavy atom. The highest BCUT2D eigenvalue weighted by molar-refractivity contribution is 5.55. The molecule has 82 valence electrons. The third-order valence-electron chi connectivity index (χ3n) is 2.52. The number of hydrazine groups is 1. The van der Waals surface area contributed by atoms with E-state index in [9.17, 15) is 0 Å². The molecule has 0 saturated heterocycles. The molecular formula is C12H14N4. The van der Waals surface area contributed by atoms with Crippen LogP contribution in [0.5, 0.6) is 0 Å². The second-order valence-electron chi connectivity index (χ2n) is 3.48. The van der Waals surface area contributed by atoms with Crippen molar-refractivity contribution in [2.24, 2.45) is 5.84 Å². The standard InChI is InChI=1S/C12H14N4/c1-2-3-6-11(15-13)10-9-14-16-8-5-4-7-12(10)16/h4-5,7-9,11,15H,6,13H2,1H3. The Bertz CT molecular complexity index is 532. The second kappa shape index (κ2) is 4.79. The highest BCUT2D eigenvalue weighted by Gasteiger charge is 2.13. The first-order valence-corrected chi connectivity index (χ1v) is 5.15. The van der Waals surface area contributed by atoms with Gasteiger partial charge in [0.2, 0.25) is 0 Å². The SMILES string of the molecule is CC#CCC(NN)c1cnn2ccccc12. The Morgan fingerprint density at radius 3 is 3.19 bits per heavy atom. The quantitative estimate of drug-likeness (QED) is 0.459. The molecule has 0 aliphatic rings. The van der Waals surface area contributed by atoms with E-state index in [-0.39, 0.29) is 6.04 Å². The number of nitrogens with one attached hydrogen (secondary N) is 1. The van der Waals surface area contributed by atoms with Crippen molar-refractivity contribution < 1.29 is 0 Å². The number of fused-ring (bicyclic) bond motifs is 1. The van der Waals surface area contributed by atoms with Crippen molar-refractivity contribution >= 4 is 5.52 Å². The molecule has 4 nitrogen and oxygen atoms in total. The highest BCUT2D eigenvalue weighted by atomic mass is 15.3. The molecule has 2 aromatic rings. The van der Waals surface area contributed by atoms with Gasteiger partial charge in [-0.3, -0.25) is 11.3 Å². The van der Waals surface area contributed by atoms with Gasteiger partial charge in [-0.05, 0) is 19.1 Å². The molecule has 2 heterocycles. The van der Waals surface area contributed by atoms with Gasteiger partial charge in [-0.25, -0.2) is 4.52 Å². The van der Waals surface area contributed by atoms with Crippen LogP contribution in [0.3, 0.4) is 0 Å². The van der Waals surface area contributed by atoms with Crippen LogP contribution < -0.4 is 11.3 Å². The summed E-state index contributed by atoms with van der Waals surface area (Å²) < 4.78 is 1.83. The molecule has 16 heavy (non-hydrogen) atoms. The Balaban J connectivity index is 2.39. The lowest BCUT2D eigenvalue weighted by atomic mass is 10.1. The van der Waals surface area contributed by atoms with E-state index in [4.69, 9.17) is 5.84 Å². The number of hydrogen-bond acceptors (Lipinski definition) is 3. The van der Waals surface area contributed by atoms with Crippen molar-refractivity contribution in [3.63, 3.8) is 0 Å². The topological polar surface area (TPSA) is 55.3 Å². The van der Waals surface area contributed by atoms with Gasteiger partial charge in [0.25, 0.3) is 0 Å². The summed E-state index contributed by atoms with van der Waals surface area (Å²) in [5.74, 6) is 11.4. The minimum absolute atomic E-state index is 0.0207. The van der Waals surface area contributed by atoms with Crippen molar-refractivity contribution in [2.45, 2.75) is 19.4 Å². The van der Waals surface area contributed by atoms with E-state index in [2.05, 4.69) is 22.4 Å². The van der Waals surface area contributed by atoms with E-state index < -0.39 is 0 Å². The number of hydrogen-bond donors (Lipinski definition) is 2. The minimum atomic E-state index is 0.0207. The first-order chi connectivity index (χ1) is 7.86. The van der Waals surface area contributed by atoms with Gasteiger partial charge >= 0.3 is 0 Å². The van der Waals surface area contributed by atoms with E-state index in [1.807, 2.05) is 42.0 Å². The fourth-order valence-electron chi connectivity index (χ4n) is 1.69. The Labute approximate surface area is 94.4 Å². The summed E-state index contributed by atoms with van der Waals surface area (Å²) in [5, 5.41) is 4.27. The van der Waals surface area contributed by atoms with Gasteiger partial charge in [0, 0.05) is 18.2 Å². The zero-order valence-electron chi connectivity index (χ0n) is 9.14. The monoisotopic (exact) mass is 214 g/mol. The normalized spacial score (nSPS) is 12.1. The average Bonchev–Trinajstić information content (AvgIpc) is 2.75. The van der Waals surface area contributed by atoms with Crippen LogP contribution in [0.15, 0.2) is 30.6 Å². The van der Waals surface area contributed by atoms with Crippen LogP contribution in [0.2, 0.25) is 0 Å². The third kappa shape index (κ3) is 1.91.